The first-order valence-corrected chi connectivity index (χ1v) is 16.6. The van der Waals surface area contributed by atoms with Crippen molar-refractivity contribution >= 4 is 17.7 Å². The summed E-state index contributed by atoms with van der Waals surface area (Å²) in [6.07, 6.45) is 8.14. The maximum Gasteiger partial charge on any atom is 0.254 e. The van der Waals surface area contributed by atoms with Crippen molar-refractivity contribution < 1.29 is 28.6 Å². The molecule has 2 saturated carbocycles. The number of nitrogens with zero attached hydrogens (tertiary/aromatic N) is 2. The van der Waals surface area contributed by atoms with E-state index >= 15 is 0 Å². The zero-order valence-corrected chi connectivity index (χ0v) is 27.5. The monoisotopic (exact) mass is 614 g/mol. The lowest BCUT2D eigenvalue weighted by Gasteiger charge is -2.39. The molecule has 1 aromatic rings. The van der Waals surface area contributed by atoms with E-state index in [1.54, 1.807) is 39.3 Å². The molecule has 2 aliphatic carbocycles. The molecule has 0 spiro atoms. The lowest BCUT2D eigenvalue weighted by molar-refractivity contribution is -0.135. The highest BCUT2D eigenvalue weighted by Crippen LogP contribution is 2.36. The number of benzene rings is 1. The molecule has 3 fully saturated rings. The molecule has 1 aromatic carbocycles. The van der Waals surface area contributed by atoms with Gasteiger partial charge in [0.05, 0.1) is 13.7 Å². The van der Waals surface area contributed by atoms with E-state index in [4.69, 9.17) is 14.2 Å². The van der Waals surface area contributed by atoms with Crippen molar-refractivity contribution in [3.63, 3.8) is 0 Å². The first-order chi connectivity index (χ1) is 21.2. The summed E-state index contributed by atoms with van der Waals surface area (Å²) in [4.78, 5) is 43.9. The van der Waals surface area contributed by atoms with Crippen LogP contribution in [0.4, 0.5) is 0 Å². The average Bonchev–Trinajstić information content (AvgIpc) is 3.74. The predicted molar refractivity (Wildman–Crippen MR) is 170 cm³/mol. The van der Waals surface area contributed by atoms with Gasteiger partial charge in [-0.2, -0.15) is 0 Å². The minimum absolute atomic E-state index is 0.00176. The Labute approximate surface area is 263 Å². The summed E-state index contributed by atoms with van der Waals surface area (Å²) in [6.45, 7) is 9.62. The number of carbonyl (C=O) groups is 3. The molecule has 1 saturated heterocycles. The van der Waals surface area contributed by atoms with Gasteiger partial charge in [0.2, 0.25) is 11.8 Å². The van der Waals surface area contributed by atoms with Gasteiger partial charge >= 0.3 is 0 Å². The van der Waals surface area contributed by atoms with Gasteiger partial charge in [0.1, 0.15) is 0 Å². The van der Waals surface area contributed by atoms with Crippen molar-refractivity contribution in [3.05, 3.63) is 23.8 Å². The molecule has 0 unspecified atom stereocenters. The lowest BCUT2D eigenvalue weighted by atomic mass is 9.78. The molecular formula is C34H54N4O6. The second kappa shape index (κ2) is 15.9. The van der Waals surface area contributed by atoms with E-state index in [0.29, 0.717) is 49.8 Å². The number of nitrogens with one attached hydrogen (secondary N) is 2. The second-order valence-electron chi connectivity index (χ2n) is 13.3. The van der Waals surface area contributed by atoms with Crippen LogP contribution >= 0.6 is 0 Å². The maximum absolute atomic E-state index is 13.9. The molecule has 246 valence electrons. The molecular weight excluding hydrogens is 560 g/mol. The molecule has 0 radical (unpaired) electrons. The predicted octanol–water partition coefficient (Wildman–Crippen LogP) is 4.02. The molecule has 1 heterocycles. The quantitative estimate of drug-likeness (QED) is 0.271. The largest absolute Gasteiger partial charge is 0.493 e. The fraction of sp³-hybridized carbons (Fsp3) is 0.735. The summed E-state index contributed by atoms with van der Waals surface area (Å²) in [5, 5.41) is 6.71. The van der Waals surface area contributed by atoms with Crippen molar-refractivity contribution in [3.8, 4) is 11.5 Å². The summed E-state index contributed by atoms with van der Waals surface area (Å²) in [5.74, 6) is 1.66. The molecule has 0 bridgehead atoms. The summed E-state index contributed by atoms with van der Waals surface area (Å²) in [5.41, 5.74) is 0.141. The molecule has 3 aliphatic rings. The standard InChI is InChI=1S/C34H54N4O6/c1-24(2)37(33(41)26-10-13-30(43-5)31(18-26)44-17-9-16-42-4)22-27-20-35-21-28(27)23-38(29-11-12-29)32(40)19-34(36-25(3)39)14-7-6-8-15-34/h10,13,18,24,27-29,35H,6-9,11-12,14-17,19-23H2,1-5H3,(H,36,39)/t27-,28+/m0/s1. The van der Waals surface area contributed by atoms with Crippen LogP contribution in [0.2, 0.25) is 0 Å². The first-order valence-electron chi connectivity index (χ1n) is 16.6. The van der Waals surface area contributed by atoms with Crippen LogP contribution in [0.1, 0.15) is 88.9 Å². The Morgan fingerprint density at radius 3 is 2.32 bits per heavy atom. The zero-order chi connectivity index (χ0) is 31.7. The Bertz CT molecular complexity index is 1120. The summed E-state index contributed by atoms with van der Waals surface area (Å²) >= 11 is 0. The smallest absolute Gasteiger partial charge is 0.254 e. The topological polar surface area (TPSA) is 109 Å². The highest BCUT2D eigenvalue weighted by molar-refractivity contribution is 5.95. The third-order valence-electron chi connectivity index (χ3n) is 9.44. The van der Waals surface area contributed by atoms with Gasteiger partial charge in [0, 0.05) is 82.8 Å². The van der Waals surface area contributed by atoms with E-state index in [9.17, 15) is 14.4 Å². The van der Waals surface area contributed by atoms with Crippen LogP contribution in [0.3, 0.4) is 0 Å². The number of carbonyl (C=O) groups excluding carboxylic acids is 3. The summed E-state index contributed by atoms with van der Waals surface area (Å²) in [7, 11) is 3.25. The lowest BCUT2D eigenvalue weighted by Crippen LogP contribution is -2.53. The zero-order valence-electron chi connectivity index (χ0n) is 27.5. The minimum Gasteiger partial charge on any atom is -0.493 e. The highest BCUT2D eigenvalue weighted by atomic mass is 16.5. The molecule has 0 aromatic heterocycles. The van der Waals surface area contributed by atoms with Gasteiger partial charge in [-0.25, -0.2) is 0 Å². The fourth-order valence-electron chi connectivity index (χ4n) is 6.90. The molecule has 4 rings (SSSR count). The summed E-state index contributed by atoms with van der Waals surface area (Å²) < 4.78 is 16.5. The molecule has 1 aliphatic heterocycles. The van der Waals surface area contributed by atoms with Gasteiger partial charge in [-0.05, 0) is 69.6 Å². The van der Waals surface area contributed by atoms with Crippen LogP contribution in [-0.2, 0) is 14.3 Å². The van der Waals surface area contributed by atoms with Crippen LogP contribution in [0.25, 0.3) is 0 Å². The Balaban J connectivity index is 1.44. The Hall–Kier alpha value is -2.85. The molecule has 44 heavy (non-hydrogen) atoms. The van der Waals surface area contributed by atoms with Crippen molar-refractivity contribution in [1.29, 1.82) is 0 Å². The molecule has 10 nitrogen and oxygen atoms in total. The number of ether oxygens (including phenoxy) is 3. The molecule has 2 N–H and O–H groups in total. The first kappa shape index (κ1) is 34.0. The van der Waals surface area contributed by atoms with Gasteiger partial charge in [-0.15, -0.1) is 0 Å². The van der Waals surface area contributed by atoms with Crippen molar-refractivity contribution in [2.75, 3.05) is 53.6 Å². The Kier molecular flexibility index (Phi) is 12.3. The molecule has 10 heteroatoms. The van der Waals surface area contributed by atoms with Crippen LogP contribution in [0, 0.1) is 11.8 Å². The van der Waals surface area contributed by atoms with Crippen LogP contribution in [0.5, 0.6) is 11.5 Å². The molecule has 3 amide bonds. The van der Waals surface area contributed by atoms with Crippen molar-refractivity contribution in [2.45, 2.75) is 96.2 Å². The van der Waals surface area contributed by atoms with Crippen molar-refractivity contribution in [2.24, 2.45) is 11.8 Å². The third kappa shape index (κ3) is 9.10. The number of hydrogen-bond acceptors (Lipinski definition) is 7. The third-order valence-corrected chi connectivity index (χ3v) is 9.44. The summed E-state index contributed by atoms with van der Waals surface area (Å²) in [6, 6.07) is 5.65. The number of rotatable bonds is 16. The van der Waals surface area contributed by atoms with Gasteiger partial charge in [-0.3, -0.25) is 14.4 Å². The normalized spacial score (nSPS) is 21.1. The van der Waals surface area contributed by atoms with Crippen LogP contribution in [-0.4, -0.2) is 98.8 Å². The second-order valence-corrected chi connectivity index (χ2v) is 13.3. The van der Waals surface area contributed by atoms with Crippen LogP contribution < -0.4 is 20.1 Å². The average molecular weight is 615 g/mol. The van der Waals surface area contributed by atoms with Crippen molar-refractivity contribution in [1.82, 2.24) is 20.4 Å². The number of methoxy groups -OCH3 is 2. The molecule has 2 atom stereocenters. The highest BCUT2D eigenvalue weighted by Gasteiger charge is 2.42. The number of hydrogen-bond donors (Lipinski definition) is 2. The minimum atomic E-state index is -0.423. The van der Waals surface area contributed by atoms with E-state index in [0.717, 1.165) is 64.5 Å². The SMILES string of the molecule is COCCCOc1cc(C(=O)N(C[C@@H]2CNC[C@@H]2CN(C(=O)CC2(NC(C)=O)CCCCC2)C2CC2)C(C)C)ccc1OC. The van der Waals surface area contributed by atoms with Gasteiger partial charge in [-0.1, -0.05) is 19.3 Å². The fourth-order valence-corrected chi connectivity index (χ4v) is 6.90. The van der Waals surface area contributed by atoms with E-state index in [2.05, 4.69) is 15.5 Å². The van der Waals surface area contributed by atoms with E-state index in [1.807, 2.05) is 18.7 Å². The van der Waals surface area contributed by atoms with Crippen LogP contribution in [0.15, 0.2) is 18.2 Å². The van der Waals surface area contributed by atoms with Gasteiger partial charge in [0.25, 0.3) is 5.91 Å². The maximum atomic E-state index is 13.9. The van der Waals surface area contributed by atoms with E-state index in [1.165, 1.54) is 0 Å². The van der Waals surface area contributed by atoms with E-state index < -0.39 is 5.54 Å². The Morgan fingerprint density at radius 1 is 1.00 bits per heavy atom. The van der Waals surface area contributed by atoms with Gasteiger partial charge < -0.3 is 34.6 Å². The Morgan fingerprint density at radius 2 is 1.70 bits per heavy atom. The van der Waals surface area contributed by atoms with E-state index in [-0.39, 0.29) is 41.6 Å². The number of amides is 3. The van der Waals surface area contributed by atoms with Gasteiger partial charge in [0.15, 0.2) is 11.5 Å².